The number of nitrogens with zero attached hydrogens (tertiary/aromatic N) is 2. The van der Waals surface area contributed by atoms with Crippen molar-refractivity contribution in [1.29, 1.82) is 0 Å². The smallest absolute Gasteiger partial charge is 0.0342 e. The van der Waals surface area contributed by atoms with Crippen molar-refractivity contribution in [2.45, 2.75) is 13.0 Å². The summed E-state index contributed by atoms with van der Waals surface area (Å²) in [6, 6.07) is 2.07. The van der Waals surface area contributed by atoms with E-state index in [0.29, 0.717) is 0 Å². The number of rotatable bonds is 0. The van der Waals surface area contributed by atoms with Gasteiger partial charge in [0.2, 0.25) is 0 Å². The quantitative estimate of drug-likeness (QED) is 0.584. The van der Waals surface area contributed by atoms with Crippen molar-refractivity contribution in [3.63, 3.8) is 0 Å². The average molecular weight is 166 g/mol. The van der Waals surface area contributed by atoms with Crippen LogP contribution in [0, 0.1) is 0 Å². The van der Waals surface area contributed by atoms with Crippen molar-refractivity contribution in [1.82, 2.24) is 9.29 Å². The van der Waals surface area contributed by atoms with E-state index in [4.69, 9.17) is 0 Å². The average Bonchev–Trinajstić information content (AvgIpc) is 2.04. The Morgan fingerprint density at radius 2 is 2.36 bits per heavy atom. The molecule has 0 saturated heterocycles. The Balaban J connectivity index is 2.34. The molecule has 0 N–H and O–H groups in total. The molecular weight excluding hydrogens is 156 g/mol. The standard InChI is InChI=1S/C8H10N2S/c11-10-4-2-7-5-9-3-1-8(7)6-10/h1,3,5,11H,2,4,6H2. The molecule has 1 aliphatic heterocycles. The van der Waals surface area contributed by atoms with E-state index in [0.717, 1.165) is 19.5 Å². The number of thiol groups is 1. The van der Waals surface area contributed by atoms with Crippen molar-refractivity contribution >= 4 is 12.8 Å². The van der Waals surface area contributed by atoms with Crippen LogP contribution in [-0.2, 0) is 13.0 Å². The normalized spacial score (nSPS) is 17.9. The summed E-state index contributed by atoms with van der Waals surface area (Å²) in [4.78, 5) is 4.08. The van der Waals surface area contributed by atoms with Crippen molar-refractivity contribution in [3.05, 3.63) is 29.6 Å². The largest absolute Gasteiger partial charge is 0.264 e. The molecule has 3 heteroatoms. The van der Waals surface area contributed by atoms with Crippen LogP contribution in [0.5, 0.6) is 0 Å². The van der Waals surface area contributed by atoms with Crippen LogP contribution in [0.4, 0.5) is 0 Å². The lowest BCUT2D eigenvalue weighted by molar-refractivity contribution is 0.449. The first kappa shape index (κ1) is 7.13. The van der Waals surface area contributed by atoms with Gasteiger partial charge >= 0.3 is 0 Å². The first-order valence-corrected chi connectivity index (χ1v) is 4.12. The second-order valence-electron chi connectivity index (χ2n) is 2.78. The van der Waals surface area contributed by atoms with Gasteiger partial charge in [-0.05, 0) is 23.6 Å². The molecule has 0 spiro atoms. The van der Waals surface area contributed by atoms with Gasteiger partial charge in [0.15, 0.2) is 0 Å². The third kappa shape index (κ3) is 1.39. The molecule has 0 aromatic carbocycles. The van der Waals surface area contributed by atoms with E-state index < -0.39 is 0 Å². The van der Waals surface area contributed by atoms with Crippen molar-refractivity contribution in [2.75, 3.05) is 6.54 Å². The second kappa shape index (κ2) is 2.83. The van der Waals surface area contributed by atoms with Crippen LogP contribution in [0.1, 0.15) is 11.1 Å². The maximum absolute atomic E-state index is 4.30. The van der Waals surface area contributed by atoms with E-state index >= 15 is 0 Å². The zero-order chi connectivity index (χ0) is 7.68. The summed E-state index contributed by atoms with van der Waals surface area (Å²) in [5.74, 6) is 0. The minimum absolute atomic E-state index is 0.945. The van der Waals surface area contributed by atoms with E-state index in [9.17, 15) is 0 Å². The summed E-state index contributed by atoms with van der Waals surface area (Å²) < 4.78 is 2.03. The van der Waals surface area contributed by atoms with E-state index in [2.05, 4.69) is 23.9 Å². The summed E-state index contributed by atoms with van der Waals surface area (Å²) in [6.45, 7) is 1.97. The predicted octanol–water partition coefficient (Wildman–Crippen LogP) is 1.28. The lowest BCUT2D eigenvalue weighted by Gasteiger charge is -2.22. The first-order valence-electron chi connectivity index (χ1n) is 3.72. The summed E-state index contributed by atoms with van der Waals surface area (Å²) in [7, 11) is 0. The Hall–Kier alpha value is -0.540. The third-order valence-corrected chi connectivity index (χ3v) is 2.34. The van der Waals surface area contributed by atoms with E-state index in [1.54, 1.807) is 0 Å². The number of aromatic nitrogens is 1. The Labute approximate surface area is 71.8 Å². The van der Waals surface area contributed by atoms with Gasteiger partial charge in [-0.25, -0.2) is 4.31 Å². The fourth-order valence-electron chi connectivity index (χ4n) is 1.36. The molecule has 0 radical (unpaired) electrons. The SMILES string of the molecule is SN1CCc2cnccc2C1. The fraction of sp³-hybridized carbons (Fsp3) is 0.375. The molecule has 0 amide bonds. The highest BCUT2D eigenvalue weighted by Gasteiger charge is 2.12. The Morgan fingerprint density at radius 1 is 1.45 bits per heavy atom. The zero-order valence-corrected chi connectivity index (χ0v) is 7.09. The summed E-state index contributed by atoms with van der Waals surface area (Å²) in [6.07, 6.45) is 4.87. The first-order chi connectivity index (χ1) is 5.36. The molecule has 2 rings (SSSR count). The molecule has 0 atom stereocenters. The van der Waals surface area contributed by atoms with E-state index in [1.807, 2.05) is 16.7 Å². The number of hydrogen-bond donors (Lipinski definition) is 1. The van der Waals surface area contributed by atoms with Gasteiger partial charge in [-0.1, -0.05) is 12.8 Å². The van der Waals surface area contributed by atoms with Gasteiger partial charge in [-0.3, -0.25) is 4.98 Å². The minimum Gasteiger partial charge on any atom is -0.264 e. The molecule has 58 valence electrons. The molecule has 0 saturated carbocycles. The molecular formula is C8H10N2S. The molecule has 2 nitrogen and oxygen atoms in total. The second-order valence-corrected chi connectivity index (χ2v) is 3.35. The summed E-state index contributed by atoms with van der Waals surface area (Å²) in [5.41, 5.74) is 2.74. The lowest BCUT2D eigenvalue weighted by atomic mass is 10.0. The van der Waals surface area contributed by atoms with Crippen LogP contribution in [0.15, 0.2) is 18.5 Å². The monoisotopic (exact) mass is 166 g/mol. The summed E-state index contributed by atoms with van der Waals surface area (Å²) >= 11 is 4.30. The number of pyridine rings is 1. The van der Waals surface area contributed by atoms with E-state index in [1.165, 1.54) is 11.1 Å². The molecule has 1 aromatic rings. The van der Waals surface area contributed by atoms with Gasteiger partial charge in [0.1, 0.15) is 0 Å². The van der Waals surface area contributed by atoms with Gasteiger partial charge in [0.25, 0.3) is 0 Å². The molecule has 0 fully saturated rings. The van der Waals surface area contributed by atoms with Crippen LogP contribution in [0.3, 0.4) is 0 Å². The van der Waals surface area contributed by atoms with Crippen molar-refractivity contribution < 1.29 is 0 Å². The third-order valence-electron chi connectivity index (χ3n) is 2.00. The Kier molecular flexibility index (Phi) is 1.84. The van der Waals surface area contributed by atoms with Gasteiger partial charge in [-0.15, -0.1) is 0 Å². The van der Waals surface area contributed by atoms with Crippen LogP contribution in [0.25, 0.3) is 0 Å². The van der Waals surface area contributed by atoms with Gasteiger partial charge in [0, 0.05) is 25.5 Å². The lowest BCUT2D eigenvalue weighted by Crippen LogP contribution is -2.22. The highest BCUT2D eigenvalue weighted by Crippen LogP contribution is 2.17. The molecule has 1 aromatic heterocycles. The summed E-state index contributed by atoms with van der Waals surface area (Å²) in [5, 5.41) is 0. The maximum atomic E-state index is 4.30. The minimum atomic E-state index is 0.945. The fourth-order valence-corrected chi connectivity index (χ4v) is 1.61. The molecule has 0 unspecified atom stereocenters. The zero-order valence-electron chi connectivity index (χ0n) is 6.20. The number of fused-ring (bicyclic) bond motifs is 1. The van der Waals surface area contributed by atoms with E-state index in [-0.39, 0.29) is 0 Å². The van der Waals surface area contributed by atoms with Crippen molar-refractivity contribution in [2.24, 2.45) is 0 Å². The maximum Gasteiger partial charge on any atom is 0.0342 e. The molecule has 0 bridgehead atoms. The Bertz CT molecular complexity index is 262. The molecule has 11 heavy (non-hydrogen) atoms. The van der Waals surface area contributed by atoms with Crippen LogP contribution in [-0.4, -0.2) is 15.8 Å². The van der Waals surface area contributed by atoms with Crippen LogP contribution in [0.2, 0.25) is 0 Å². The van der Waals surface area contributed by atoms with Gasteiger partial charge in [0.05, 0.1) is 0 Å². The molecule has 2 heterocycles. The number of hydrogen-bond acceptors (Lipinski definition) is 3. The highest BCUT2D eigenvalue weighted by atomic mass is 32.1. The van der Waals surface area contributed by atoms with Crippen LogP contribution < -0.4 is 0 Å². The highest BCUT2D eigenvalue weighted by molar-refractivity contribution is 7.77. The van der Waals surface area contributed by atoms with Crippen LogP contribution >= 0.6 is 12.8 Å². The predicted molar refractivity (Wildman–Crippen MR) is 47.3 cm³/mol. The Morgan fingerprint density at radius 3 is 3.27 bits per heavy atom. The van der Waals surface area contributed by atoms with Crippen molar-refractivity contribution in [3.8, 4) is 0 Å². The topological polar surface area (TPSA) is 16.1 Å². The van der Waals surface area contributed by atoms with Gasteiger partial charge < -0.3 is 0 Å². The molecule has 0 aliphatic carbocycles. The molecule has 1 aliphatic rings. The van der Waals surface area contributed by atoms with Gasteiger partial charge in [-0.2, -0.15) is 0 Å².